The summed E-state index contributed by atoms with van der Waals surface area (Å²) >= 11 is 0. The van der Waals surface area contributed by atoms with E-state index < -0.39 is 12.4 Å². The molecule has 22 heavy (non-hydrogen) atoms. The minimum Gasteiger partial charge on any atom is -0.480 e. The molecular weight excluding hydrogens is 292 g/mol. The van der Waals surface area contributed by atoms with Gasteiger partial charge in [0, 0.05) is 23.1 Å². The second-order valence-electron chi connectivity index (χ2n) is 6.12. The fourth-order valence-electron chi connectivity index (χ4n) is 2.89. The van der Waals surface area contributed by atoms with Gasteiger partial charge in [-0.25, -0.2) is 18.4 Å². The van der Waals surface area contributed by atoms with E-state index in [1.54, 1.807) is 0 Å². The highest BCUT2D eigenvalue weighted by Crippen LogP contribution is 2.46. The Morgan fingerprint density at radius 2 is 2.00 bits per heavy atom. The molecule has 0 radical (unpaired) electrons. The van der Waals surface area contributed by atoms with Crippen molar-refractivity contribution in [1.29, 1.82) is 0 Å². The van der Waals surface area contributed by atoms with Crippen LogP contribution in [-0.2, 0) is 11.3 Å². The fourth-order valence-corrected chi connectivity index (χ4v) is 2.89. The second kappa shape index (κ2) is 4.72. The van der Waals surface area contributed by atoms with Crippen molar-refractivity contribution in [1.82, 2.24) is 14.8 Å². The van der Waals surface area contributed by atoms with Crippen LogP contribution in [0.2, 0.25) is 0 Å². The summed E-state index contributed by atoms with van der Waals surface area (Å²) in [6, 6.07) is 1.49. The van der Waals surface area contributed by atoms with Crippen molar-refractivity contribution < 1.29 is 18.7 Å². The zero-order valence-electron chi connectivity index (χ0n) is 11.8. The highest BCUT2D eigenvalue weighted by Gasteiger charge is 2.34. The van der Waals surface area contributed by atoms with Crippen LogP contribution < -0.4 is 0 Å². The van der Waals surface area contributed by atoms with Crippen molar-refractivity contribution >= 4 is 17.0 Å². The zero-order valence-corrected chi connectivity index (χ0v) is 11.8. The van der Waals surface area contributed by atoms with Crippen LogP contribution in [0.15, 0.2) is 6.07 Å². The van der Waals surface area contributed by atoms with Crippen LogP contribution in [0.1, 0.15) is 60.9 Å². The predicted molar refractivity (Wildman–Crippen MR) is 74.1 cm³/mol. The normalized spacial score (nSPS) is 18.3. The van der Waals surface area contributed by atoms with Gasteiger partial charge in [0.2, 0.25) is 0 Å². The van der Waals surface area contributed by atoms with Gasteiger partial charge in [-0.2, -0.15) is 5.10 Å². The minimum absolute atomic E-state index is 0.0505. The Balaban J connectivity index is 1.97. The van der Waals surface area contributed by atoms with Crippen LogP contribution in [0.3, 0.4) is 0 Å². The third-order valence-electron chi connectivity index (χ3n) is 4.26. The maximum absolute atomic E-state index is 13.5. The monoisotopic (exact) mass is 307 g/mol. The molecule has 116 valence electrons. The molecule has 2 aliphatic rings. The number of halogens is 2. The summed E-state index contributed by atoms with van der Waals surface area (Å²) in [6.45, 7) is -0.354. The van der Waals surface area contributed by atoms with Crippen LogP contribution in [0, 0.1) is 0 Å². The Bertz CT molecular complexity index is 764. The molecule has 7 heteroatoms. The second-order valence-corrected chi connectivity index (χ2v) is 6.12. The average Bonchev–Trinajstić information content (AvgIpc) is 3.35. The molecule has 2 aliphatic carbocycles. The van der Waals surface area contributed by atoms with Crippen molar-refractivity contribution in [3.63, 3.8) is 0 Å². The van der Waals surface area contributed by atoms with E-state index in [0.717, 1.165) is 25.7 Å². The molecule has 0 bridgehead atoms. The number of hydrogen-bond donors (Lipinski definition) is 1. The number of alkyl halides is 2. The Labute approximate surface area is 124 Å². The number of carboxylic acid groups (broad SMARTS) is 1. The summed E-state index contributed by atoms with van der Waals surface area (Å²) in [6.07, 6.45) is 1.11. The number of hydrogen-bond acceptors (Lipinski definition) is 3. The summed E-state index contributed by atoms with van der Waals surface area (Å²) in [5.74, 6) is -0.674. The first-order valence-corrected chi connectivity index (χ1v) is 7.45. The molecule has 0 aliphatic heterocycles. The molecule has 0 unspecified atom stereocenters. The van der Waals surface area contributed by atoms with Crippen molar-refractivity contribution in [2.75, 3.05) is 0 Å². The number of rotatable bonds is 5. The molecule has 0 saturated heterocycles. The Morgan fingerprint density at radius 3 is 2.55 bits per heavy atom. The zero-order chi connectivity index (χ0) is 15.4. The minimum atomic E-state index is -2.61. The average molecular weight is 307 g/mol. The molecule has 1 N–H and O–H groups in total. The predicted octanol–water partition coefficient (Wildman–Crippen LogP) is 3.21. The number of aliphatic carboxylic acids is 1. The third kappa shape index (κ3) is 2.24. The largest absolute Gasteiger partial charge is 0.480 e. The Morgan fingerprint density at radius 1 is 1.32 bits per heavy atom. The molecule has 0 atom stereocenters. The van der Waals surface area contributed by atoms with Gasteiger partial charge >= 0.3 is 5.97 Å². The fraction of sp³-hybridized carbons (Fsp3) is 0.533. The van der Waals surface area contributed by atoms with E-state index in [-0.39, 0.29) is 23.9 Å². The molecule has 0 amide bonds. The van der Waals surface area contributed by atoms with Crippen molar-refractivity contribution in [2.24, 2.45) is 0 Å². The van der Waals surface area contributed by atoms with Crippen LogP contribution >= 0.6 is 0 Å². The van der Waals surface area contributed by atoms with Crippen LogP contribution in [-0.4, -0.2) is 25.8 Å². The van der Waals surface area contributed by atoms with Gasteiger partial charge in [-0.05, 0) is 31.7 Å². The van der Waals surface area contributed by atoms with Gasteiger partial charge in [0.25, 0.3) is 6.43 Å². The van der Waals surface area contributed by atoms with Crippen LogP contribution in [0.5, 0.6) is 0 Å². The molecule has 2 fully saturated rings. The van der Waals surface area contributed by atoms with E-state index in [4.69, 9.17) is 5.11 Å². The standard InChI is InChI=1S/C15H15F2N3O2/c16-14(17)9-5-10(7-1-2-7)18-15-12(9)13(8-3-4-8)19-20(15)6-11(21)22/h5,7-8,14H,1-4,6H2,(H,21,22). The number of carboxylic acids is 1. The lowest BCUT2D eigenvalue weighted by atomic mass is 10.1. The van der Waals surface area contributed by atoms with E-state index in [0.29, 0.717) is 22.4 Å². The lowest BCUT2D eigenvalue weighted by Gasteiger charge is -2.07. The Hall–Kier alpha value is -2.05. The quantitative estimate of drug-likeness (QED) is 0.921. The number of carbonyl (C=O) groups is 1. The van der Waals surface area contributed by atoms with Gasteiger partial charge in [0.15, 0.2) is 5.65 Å². The van der Waals surface area contributed by atoms with E-state index in [2.05, 4.69) is 10.1 Å². The smallest absolute Gasteiger partial charge is 0.325 e. The topological polar surface area (TPSA) is 68.0 Å². The van der Waals surface area contributed by atoms with E-state index in [9.17, 15) is 13.6 Å². The lowest BCUT2D eigenvalue weighted by molar-refractivity contribution is -0.137. The first-order valence-electron chi connectivity index (χ1n) is 7.45. The molecule has 5 nitrogen and oxygen atoms in total. The molecule has 2 saturated carbocycles. The molecule has 0 aromatic carbocycles. The summed E-state index contributed by atoms with van der Waals surface area (Å²) in [7, 11) is 0. The SMILES string of the molecule is O=C(O)Cn1nc(C2CC2)c2c(C(F)F)cc(C3CC3)nc21. The molecule has 0 spiro atoms. The highest BCUT2D eigenvalue weighted by molar-refractivity contribution is 5.85. The van der Waals surface area contributed by atoms with Gasteiger partial charge in [0.05, 0.1) is 11.1 Å². The van der Waals surface area contributed by atoms with Crippen LogP contribution in [0.25, 0.3) is 11.0 Å². The maximum atomic E-state index is 13.5. The number of nitrogens with zero attached hydrogens (tertiary/aromatic N) is 3. The van der Waals surface area contributed by atoms with Crippen LogP contribution in [0.4, 0.5) is 8.78 Å². The van der Waals surface area contributed by atoms with Gasteiger partial charge in [-0.15, -0.1) is 0 Å². The van der Waals surface area contributed by atoms with Gasteiger partial charge < -0.3 is 5.11 Å². The summed E-state index contributed by atoms with van der Waals surface area (Å²) in [5.41, 5.74) is 1.47. The third-order valence-corrected chi connectivity index (χ3v) is 4.26. The van der Waals surface area contributed by atoms with Gasteiger partial charge in [-0.1, -0.05) is 0 Å². The lowest BCUT2D eigenvalue weighted by Crippen LogP contribution is -2.11. The summed E-state index contributed by atoms with van der Waals surface area (Å²) in [4.78, 5) is 15.5. The van der Waals surface area contributed by atoms with E-state index in [1.807, 2.05) is 0 Å². The summed E-state index contributed by atoms with van der Waals surface area (Å²) < 4.78 is 28.3. The number of pyridine rings is 1. The van der Waals surface area contributed by atoms with Crippen molar-refractivity contribution in [2.45, 2.75) is 50.5 Å². The molecule has 4 rings (SSSR count). The highest BCUT2D eigenvalue weighted by atomic mass is 19.3. The first-order chi connectivity index (χ1) is 10.5. The summed E-state index contributed by atoms with van der Waals surface area (Å²) in [5, 5.41) is 13.7. The maximum Gasteiger partial charge on any atom is 0.325 e. The van der Waals surface area contributed by atoms with Gasteiger partial charge in [0.1, 0.15) is 6.54 Å². The molecular formula is C15H15F2N3O2. The Kier molecular flexibility index (Phi) is 2.92. The molecule has 2 aromatic heterocycles. The van der Waals surface area contributed by atoms with Crippen molar-refractivity contribution in [3.05, 3.63) is 23.0 Å². The van der Waals surface area contributed by atoms with Gasteiger partial charge in [-0.3, -0.25) is 4.79 Å². The number of fused-ring (bicyclic) bond motifs is 1. The van der Waals surface area contributed by atoms with E-state index >= 15 is 0 Å². The molecule has 2 heterocycles. The van der Waals surface area contributed by atoms with Crippen molar-refractivity contribution in [3.8, 4) is 0 Å². The van der Waals surface area contributed by atoms with E-state index in [1.165, 1.54) is 10.7 Å². The molecule has 2 aromatic rings. The first kappa shape index (κ1) is 13.6. The number of aromatic nitrogens is 3.